The summed E-state index contributed by atoms with van der Waals surface area (Å²) in [6.07, 6.45) is 0. The maximum atomic E-state index is 13.6. The van der Waals surface area contributed by atoms with Crippen LogP contribution in [-0.4, -0.2) is 8.42 Å². The molecule has 1 heterocycles. The van der Waals surface area contributed by atoms with E-state index in [0.29, 0.717) is 11.3 Å². The third kappa shape index (κ3) is 2.77. The van der Waals surface area contributed by atoms with E-state index >= 15 is 0 Å². The molecule has 0 aliphatic carbocycles. The van der Waals surface area contributed by atoms with Crippen LogP contribution in [0.4, 0.5) is 10.1 Å². The first kappa shape index (κ1) is 13.6. The van der Waals surface area contributed by atoms with Crippen molar-refractivity contribution in [2.24, 2.45) is 5.73 Å². The van der Waals surface area contributed by atoms with Gasteiger partial charge >= 0.3 is 0 Å². The van der Waals surface area contributed by atoms with Gasteiger partial charge in [-0.25, -0.2) is 4.39 Å². The summed E-state index contributed by atoms with van der Waals surface area (Å²) in [7, 11) is -3.96. The van der Waals surface area contributed by atoms with E-state index in [2.05, 4.69) is 4.72 Å². The van der Waals surface area contributed by atoms with Gasteiger partial charge in [0.1, 0.15) is 11.6 Å². The lowest BCUT2D eigenvalue weighted by molar-refractivity contribution is 0.417. The Morgan fingerprint density at radius 1 is 1.32 bits per heavy atom. The topological polar surface area (TPSA) is 85.3 Å². The summed E-state index contributed by atoms with van der Waals surface area (Å²) in [4.78, 5) is 0. The van der Waals surface area contributed by atoms with Crippen LogP contribution in [0.15, 0.2) is 39.8 Å². The second kappa shape index (κ2) is 5.02. The van der Waals surface area contributed by atoms with Crippen LogP contribution >= 0.6 is 0 Å². The third-order valence-corrected chi connectivity index (χ3v) is 3.78. The summed E-state index contributed by atoms with van der Waals surface area (Å²) in [6.45, 7) is 1.70. The van der Waals surface area contributed by atoms with Gasteiger partial charge in [-0.05, 0) is 30.7 Å². The van der Waals surface area contributed by atoms with Gasteiger partial charge in [-0.15, -0.1) is 0 Å². The van der Waals surface area contributed by atoms with Crippen molar-refractivity contribution in [1.29, 1.82) is 0 Å². The summed E-state index contributed by atoms with van der Waals surface area (Å²) < 4.78 is 44.9. The van der Waals surface area contributed by atoms with Crippen LogP contribution in [0.25, 0.3) is 0 Å². The first-order chi connectivity index (χ1) is 8.94. The molecule has 0 radical (unpaired) electrons. The minimum absolute atomic E-state index is 0.0896. The lowest BCUT2D eigenvalue weighted by atomic mass is 10.2. The minimum atomic E-state index is -3.96. The Balaban J connectivity index is 2.36. The quantitative estimate of drug-likeness (QED) is 0.899. The van der Waals surface area contributed by atoms with Crippen molar-refractivity contribution in [2.45, 2.75) is 18.6 Å². The first-order valence-electron chi connectivity index (χ1n) is 5.51. The van der Waals surface area contributed by atoms with Crippen LogP contribution < -0.4 is 10.5 Å². The molecule has 0 saturated heterocycles. The zero-order chi connectivity index (χ0) is 14.0. The van der Waals surface area contributed by atoms with Gasteiger partial charge in [0.15, 0.2) is 0 Å². The van der Waals surface area contributed by atoms with E-state index in [0.717, 1.165) is 0 Å². The van der Waals surface area contributed by atoms with Gasteiger partial charge in [0.25, 0.3) is 10.0 Å². The van der Waals surface area contributed by atoms with Crippen molar-refractivity contribution in [3.05, 3.63) is 47.5 Å². The van der Waals surface area contributed by atoms with E-state index in [1.54, 1.807) is 13.0 Å². The Kier molecular flexibility index (Phi) is 3.59. The number of halogens is 1. The van der Waals surface area contributed by atoms with E-state index in [9.17, 15) is 12.8 Å². The molecule has 1 aromatic carbocycles. The molecule has 2 rings (SSSR count). The van der Waals surface area contributed by atoms with Crippen LogP contribution in [0.1, 0.15) is 11.3 Å². The molecule has 0 bridgehead atoms. The molecule has 0 unspecified atom stereocenters. The van der Waals surface area contributed by atoms with Crippen molar-refractivity contribution >= 4 is 15.7 Å². The molecule has 0 atom stereocenters. The number of para-hydroxylation sites is 1. The highest BCUT2D eigenvalue weighted by molar-refractivity contribution is 7.92. The Morgan fingerprint density at radius 2 is 2.05 bits per heavy atom. The second-order valence-corrected chi connectivity index (χ2v) is 5.58. The molecule has 0 aliphatic heterocycles. The molecule has 1 aromatic heterocycles. The number of hydrogen-bond acceptors (Lipinski definition) is 4. The van der Waals surface area contributed by atoms with E-state index in [1.807, 2.05) is 0 Å². The van der Waals surface area contributed by atoms with Crippen LogP contribution in [0.2, 0.25) is 0 Å². The Bertz CT molecular complexity index is 675. The van der Waals surface area contributed by atoms with Crippen LogP contribution in [0.5, 0.6) is 0 Å². The Labute approximate surface area is 110 Å². The predicted octanol–water partition coefficient (Wildman–Crippen LogP) is 1.99. The van der Waals surface area contributed by atoms with Crippen molar-refractivity contribution in [2.75, 3.05) is 4.72 Å². The average Bonchev–Trinajstić information content (AvgIpc) is 2.83. The fraction of sp³-hybridized carbons (Fsp3) is 0.167. The van der Waals surface area contributed by atoms with Gasteiger partial charge in [-0.1, -0.05) is 12.1 Å². The number of nitrogens with two attached hydrogens (primary N) is 1. The number of aryl methyl sites for hydroxylation is 1. The van der Waals surface area contributed by atoms with Crippen molar-refractivity contribution < 1.29 is 17.2 Å². The molecule has 0 spiro atoms. The summed E-state index contributed by atoms with van der Waals surface area (Å²) in [5.74, 6) is -0.306. The molecule has 0 amide bonds. The first-order valence-corrected chi connectivity index (χ1v) is 6.99. The predicted molar refractivity (Wildman–Crippen MR) is 68.5 cm³/mol. The van der Waals surface area contributed by atoms with E-state index in [4.69, 9.17) is 10.2 Å². The molecular formula is C12H13FN2O3S. The molecular weight excluding hydrogens is 271 g/mol. The maximum Gasteiger partial charge on any atom is 0.295 e. The molecule has 0 aliphatic rings. The highest BCUT2D eigenvalue weighted by Gasteiger charge is 2.21. The zero-order valence-electron chi connectivity index (χ0n) is 10.2. The second-order valence-electron chi connectivity index (χ2n) is 3.96. The number of hydrogen-bond donors (Lipinski definition) is 2. The van der Waals surface area contributed by atoms with Gasteiger partial charge in [-0.2, -0.15) is 8.42 Å². The number of benzene rings is 1. The number of nitrogens with one attached hydrogen (secondary N) is 1. The molecule has 102 valence electrons. The van der Waals surface area contributed by atoms with E-state index < -0.39 is 15.8 Å². The highest BCUT2D eigenvalue weighted by Crippen LogP contribution is 2.23. The van der Waals surface area contributed by atoms with Gasteiger partial charge in [0.05, 0.1) is 12.2 Å². The smallest absolute Gasteiger partial charge is 0.295 e. The van der Waals surface area contributed by atoms with Crippen molar-refractivity contribution in [1.82, 2.24) is 0 Å². The fourth-order valence-corrected chi connectivity index (χ4v) is 2.65. The SMILES string of the molecule is Cc1cccc(F)c1NS(=O)(=O)c1ccc(CN)o1. The number of sulfonamides is 1. The lowest BCUT2D eigenvalue weighted by Crippen LogP contribution is -2.14. The average molecular weight is 284 g/mol. The minimum Gasteiger partial charge on any atom is -0.446 e. The van der Waals surface area contributed by atoms with Crippen molar-refractivity contribution in [3.8, 4) is 0 Å². The molecule has 5 nitrogen and oxygen atoms in total. The maximum absolute atomic E-state index is 13.6. The summed E-state index contributed by atoms with van der Waals surface area (Å²) >= 11 is 0. The molecule has 3 N–H and O–H groups in total. The monoisotopic (exact) mass is 284 g/mol. The fourth-order valence-electron chi connectivity index (χ4n) is 1.56. The van der Waals surface area contributed by atoms with E-state index in [1.165, 1.54) is 24.3 Å². The van der Waals surface area contributed by atoms with Crippen LogP contribution in [0.3, 0.4) is 0 Å². The van der Waals surface area contributed by atoms with Gasteiger partial charge < -0.3 is 10.2 Å². The summed E-state index contributed by atoms with van der Waals surface area (Å²) in [6, 6.07) is 7.03. The highest BCUT2D eigenvalue weighted by atomic mass is 32.2. The van der Waals surface area contributed by atoms with Gasteiger partial charge in [-0.3, -0.25) is 4.72 Å². The largest absolute Gasteiger partial charge is 0.446 e. The molecule has 19 heavy (non-hydrogen) atoms. The normalized spacial score (nSPS) is 11.5. The number of furan rings is 1. The van der Waals surface area contributed by atoms with Crippen LogP contribution in [0, 0.1) is 12.7 Å². The van der Waals surface area contributed by atoms with Crippen molar-refractivity contribution in [3.63, 3.8) is 0 Å². The zero-order valence-corrected chi connectivity index (χ0v) is 11.0. The van der Waals surface area contributed by atoms with Crippen LogP contribution in [-0.2, 0) is 16.6 Å². The molecule has 0 fully saturated rings. The van der Waals surface area contributed by atoms with E-state index in [-0.39, 0.29) is 17.3 Å². The number of rotatable bonds is 4. The molecule has 7 heteroatoms. The Hall–Kier alpha value is -1.86. The Morgan fingerprint density at radius 3 is 2.63 bits per heavy atom. The summed E-state index contributed by atoms with van der Waals surface area (Å²) in [5.41, 5.74) is 5.73. The molecule has 0 saturated carbocycles. The number of anilines is 1. The summed E-state index contributed by atoms with van der Waals surface area (Å²) in [5, 5.41) is -0.296. The third-order valence-electron chi connectivity index (χ3n) is 2.56. The standard InChI is InChI=1S/C12H13FN2O3S/c1-8-3-2-4-10(13)12(8)15-19(16,17)11-6-5-9(7-14)18-11/h2-6,15H,7,14H2,1H3. The molecule has 2 aromatic rings. The van der Waals surface area contributed by atoms with Gasteiger partial charge in [0, 0.05) is 0 Å². The lowest BCUT2D eigenvalue weighted by Gasteiger charge is -2.09. The van der Waals surface area contributed by atoms with Gasteiger partial charge in [0.2, 0.25) is 5.09 Å².